The molecule has 1 atom stereocenters. The monoisotopic (exact) mass is 580 g/mol. The predicted molar refractivity (Wildman–Crippen MR) is 144 cm³/mol. The topological polar surface area (TPSA) is 66.9 Å². The third-order valence-electron chi connectivity index (χ3n) is 6.78. The molecule has 2 heterocycles. The Morgan fingerprint density at radius 2 is 1.90 bits per heavy atom. The summed E-state index contributed by atoms with van der Waals surface area (Å²) in [5.74, 6) is -0.410. The Hall–Kier alpha value is -2.73. The summed E-state index contributed by atoms with van der Waals surface area (Å²) in [7, 11) is -4.41. The van der Waals surface area contributed by atoms with Crippen LogP contribution in [0.25, 0.3) is 0 Å². The van der Waals surface area contributed by atoms with Gasteiger partial charge in [0.1, 0.15) is 0 Å². The lowest BCUT2D eigenvalue weighted by Gasteiger charge is -2.38. The van der Waals surface area contributed by atoms with Crippen LogP contribution in [-0.2, 0) is 32.2 Å². The average Bonchev–Trinajstić information content (AvgIpc) is 3.39. The van der Waals surface area contributed by atoms with Crippen molar-refractivity contribution in [2.45, 2.75) is 43.8 Å². The van der Waals surface area contributed by atoms with E-state index in [9.17, 15) is 26.4 Å². The molecule has 1 aliphatic heterocycles. The number of halogens is 3. The molecule has 0 spiro atoms. The molecular weight excluding hydrogens is 549 g/mol. The van der Waals surface area contributed by atoms with Gasteiger partial charge in [-0.15, -0.1) is 11.3 Å². The molecule has 0 bridgehead atoms. The number of hydrogen-bond acceptors (Lipinski definition) is 5. The van der Waals surface area contributed by atoms with E-state index in [1.807, 2.05) is 42.6 Å². The summed E-state index contributed by atoms with van der Waals surface area (Å²) in [6.45, 7) is 4.31. The molecule has 0 N–H and O–H groups in total. The number of thiophene rings is 1. The minimum atomic E-state index is -4.70. The molecule has 210 valence electrons. The lowest BCUT2D eigenvalue weighted by atomic mass is 9.90. The molecule has 0 aliphatic carbocycles. The summed E-state index contributed by atoms with van der Waals surface area (Å²) in [5, 5.41) is 1.99. The smallest absolute Gasteiger partial charge is 0.382 e. The number of sulfonamides is 1. The number of alkyl halides is 3. The van der Waals surface area contributed by atoms with Crippen LogP contribution in [0.4, 0.5) is 13.2 Å². The number of fused-ring (bicyclic) bond motifs is 1. The van der Waals surface area contributed by atoms with Gasteiger partial charge < -0.3 is 9.64 Å². The molecule has 1 aliphatic rings. The van der Waals surface area contributed by atoms with Gasteiger partial charge in [-0.3, -0.25) is 4.79 Å². The number of amides is 1. The normalized spacial score (nSPS) is 15.9. The molecular formula is C28H31F3N2O4S2. The molecule has 0 radical (unpaired) electrons. The Kier molecular flexibility index (Phi) is 9.15. The van der Waals surface area contributed by atoms with Crippen LogP contribution in [0.2, 0.25) is 0 Å². The summed E-state index contributed by atoms with van der Waals surface area (Å²) in [6, 6.07) is 13.0. The quantitative estimate of drug-likeness (QED) is 0.290. The zero-order valence-electron chi connectivity index (χ0n) is 21.8. The maximum Gasteiger partial charge on any atom is 0.416 e. The minimum absolute atomic E-state index is 0.0725. The first-order valence-corrected chi connectivity index (χ1v) is 15.0. The van der Waals surface area contributed by atoms with Crippen molar-refractivity contribution in [3.05, 3.63) is 87.1 Å². The minimum Gasteiger partial charge on any atom is -0.382 e. The van der Waals surface area contributed by atoms with E-state index in [0.717, 1.165) is 39.2 Å². The van der Waals surface area contributed by atoms with E-state index in [2.05, 4.69) is 0 Å². The highest BCUT2D eigenvalue weighted by Crippen LogP contribution is 2.39. The highest BCUT2D eigenvalue weighted by Gasteiger charge is 2.37. The van der Waals surface area contributed by atoms with Crippen molar-refractivity contribution in [2.75, 3.05) is 32.8 Å². The largest absolute Gasteiger partial charge is 0.416 e. The Bertz CT molecular complexity index is 1410. The fraction of sp³-hybridized carbons (Fsp3) is 0.393. The number of rotatable bonds is 10. The van der Waals surface area contributed by atoms with Crippen LogP contribution in [0, 0.1) is 6.92 Å². The number of aryl methyl sites for hydroxylation is 1. The van der Waals surface area contributed by atoms with Crippen LogP contribution in [0.3, 0.4) is 0 Å². The molecule has 11 heteroatoms. The van der Waals surface area contributed by atoms with Crippen LogP contribution in [0.15, 0.2) is 64.9 Å². The first kappa shape index (κ1) is 29.3. The second-order valence-electron chi connectivity index (χ2n) is 9.31. The Morgan fingerprint density at radius 1 is 1.13 bits per heavy atom. The van der Waals surface area contributed by atoms with Gasteiger partial charge in [0, 0.05) is 31.2 Å². The number of ether oxygens (including phenoxy) is 1. The molecule has 0 fully saturated rings. The third kappa shape index (κ3) is 6.54. The second kappa shape index (κ2) is 12.2. The van der Waals surface area contributed by atoms with E-state index in [-0.39, 0.29) is 25.6 Å². The highest BCUT2D eigenvalue weighted by atomic mass is 32.2. The lowest BCUT2D eigenvalue weighted by Crippen LogP contribution is -2.47. The number of hydrogen-bond donors (Lipinski definition) is 0. The van der Waals surface area contributed by atoms with Gasteiger partial charge in [-0.1, -0.05) is 30.3 Å². The number of benzene rings is 2. The van der Waals surface area contributed by atoms with Crippen LogP contribution in [0.5, 0.6) is 0 Å². The summed E-state index contributed by atoms with van der Waals surface area (Å²) < 4.78 is 73.6. The van der Waals surface area contributed by atoms with Crippen molar-refractivity contribution < 1.29 is 31.1 Å². The standard InChI is InChI=1S/C28H31F3N2O4S2/c1-3-37-16-7-14-32(39(35,36)22-10-6-9-21(18-22)28(29,30)31)19-26(34)33-15-12-25-24(13-17-38-25)27(33)23-11-5-4-8-20(23)2/h4-6,8-11,13,17-18,27H,3,7,12,14-16,19H2,1-2H3. The van der Waals surface area contributed by atoms with Crippen molar-refractivity contribution in [3.8, 4) is 0 Å². The summed E-state index contributed by atoms with van der Waals surface area (Å²) >= 11 is 1.63. The van der Waals surface area contributed by atoms with Gasteiger partial charge >= 0.3 is 6.18 Å². The average molecular weight is 581 g/mol. The molecule has 2 aromatic carbocycles. The van der Waals surface area contributed by atoms with Gasteiger partial charge in [-0.2, -0.15) is 17.5 Å². The maximum absolute atomic E-state index is 13.8. The van der Waals surface area contributed by atoms with Crippen molar-refractivity contribution in [1.82, 2.24) is 9.21 Å². The number of nitrogens with zero attached hydrogens (tertiary/aromatic N) is 2. The summed E-state index contributed by atoms with van der Waals surface area (Å²) in [4.78, 5) is 16.2. The van der Waals surface area contributed by atoms with Gasteiger partial charge in [0.25, 0.3) is 0 Å². The van der Waals surface area contributed by atoms with E-state index in [0.29, 0.717) is 25.6 Å². The van der Waals surface area contributed by atoms with Crippen molar-refractivity contribution in [2.24, 2.45) is 0 Å². The highest BCUT2D eigenvalue weighted by molar-refractivity contribution is 7.89. The molecule has 4 rings (SSSR count). The fourth-order valence-corrected chi connectivity index (χ4v) is 7.19. The van der Waals surface area contributed by atoms with Crippen LogP contribution < -0.4 is 0 Å². The second-order valence-corrected chi connectivity index (χ2v) is 12.2. The predicted octanol–water partition coefficient (Wildman–Crippen LogP) is 5.67. The number of carbonyl (C=O) groups excluding carboxylic acids is 1. The lowest BCUT2D eigenvalue weighted by molar-refractivity contribution is -0.137. The van der Waals surface area contributed by atoms with Crippen LogP contribution >= 0.6 is 11.3 Å². The van der Waals surface area contributed by atoms with Gasteiger partial charge in [-0.05, 0) is 73.0 Å². The molecule has 1 amide bonds. The van der Waals surface area contributed by atoms with Crippen molar-refractivity contribution in [1.29, 1.82) is 0 Å². The first-order chi connectivity index (χ1) is 18.5. The van der Waals surface area contributed by atoms with Crippen molar-refractivity contribution >= 4 is 27.3 Å². The summed E-state index contributed by atoms with van der Waals surface area (Å²) in [6.07, 6.45) is -3.77. The van der Waals surface area contributed by atoms with E-state index >= 15 is 0 Å². The molecule has 0 saturated carbocycles. The Labute approximate surface area is 231 Å². The van der Waals surface area contributed by atoms with Crippen LogP contribution in [-0.4, -0.2) is 56.4 Å². The van der Waals surface area contributed by atoms with Crippen LogP contribution in [0.1, 0.15) is 46.5 Å². The molecule has 6 nitrogen and oxygen atoms in total. The van der Waals surface area contributed by atoms with E-state index in [1.54, 1.807) is 23.2 Å². The Morgan fingerprint density at radius 3 is 2.62 bits per heavy atom. The fourth-order valence-electron chi connectivity index (χ4n) is 4.81. The third-order valence-corrected chi connectivity index (χ3v) is 9.62. The van der Waals surface area contributed by atoms with Gasteiger partial charge in [0.2, 0.25) is 15.9 Å². The van der Waals surface area contributed by atoms with E-state index in [4.69, 9.17) is 4.74 Å². The Balaban J connectivity index is 1.67. The molecule has 1 aromatic heterocycles. The maximum atomic E-state index is 13.8. The van der Waals surface area contributed by atoms with Gasteiger partial charge in [-0.25, -0.2) is 8.42 Å². The first-order valence-electron chi connectivity index (χ1n) is 12.7. The summed E-state index contributed by atoms with van der Waals surface area (Å²) in [5.41, 5.74) is 1.90. The van der Waals surface area contributed by atoms with E-state index in [1.165, 1.54) is 4.88 Å². The van der Waals surface area contributed by atoms with Gasteiger partial charge in [0.15, 0.2) is 0 Å². The molecule has 1 unspecified atom stereocenters. The SMILES string of the molecule is CCOCCCN(CC(=O)N1CCc2sccc2C1c1ccccc1C)S(=O)(=O)c1cccc(C(F)(F)F)c1. The molecule has 39 heavy (non-hydrogen) atoms. The van der Waals surface area contributed by atoms with E-state index < -0.39 is 39.1 Å². The molecule has 3 aromatic rings. The van der Waals surface area contributed by atoms with Crippen molar-refractivity contribution in [3.63, 3.8) is 0 Å². The zero-order chi connectivity index (χ0) is 28.2. The van der Waals surface area contributed by atoms with Gasteiger partial charge in [0.05, 0.1) is 23.0 Å². The molecule has 0 saturated heterocycles. The zero-order valence-corrected chi connectivity index (χ0v) is 23.4. The number of carbonyl (C=O) groups is 1.